The molecule has 0 aromatic heterocycles. The number of hydrogen-bond acceptors (Lipinski definition) is 4. The Bertz CT molecular complexity index is 285. The minimum atomic E-state index is 0.673. The largest absolute Gasteiger partial charge is 0.307 e. The molecule has 1 spiro atoms. The second-order valence-corrected chi connectivity index (χ2v) is 5.32. The summed E-state index contributed by atoms with van der Waals surface area (Å²) in [6.45, 7) is 8.20. The molecule has 0 bridgehead atoms. The molecular weight excluding hydrogens is 188 g/mol. The molecule has 15 heavy (non-hydrogen) atoms. The Balaban J connectivity index is 1.51. The molecule has 1 saturated carbocycles. The number of hydrazine groups is 2. The molecule has 0 unspecified atom stereocenters. The predicted octanol–water partition coefficient (Wildman–Crippen LogP) is 0.657. The van der Waals surface area contributed by atoms with Crippen LogP contribution in [0.4, 0.5) is 0 Å². The normalized spacial score (nSPS) is 29.7. The van der Waals surface area contributed by atoms with Crippen LogP contribution in [0.25, 0.3) is 0 Å². The van der Waals surface area contributed by atoms with Crippen LogP contribution < -0.4 is 11.0 Å². The molecule has 4 heteroatoms. The zero-order chi connectivity index (χ0) is 10.5. The number of allylic oxidation sites excluding steroid dienone is 1. The van der Waals surface area contributed by atoms with Crippen molar-refractivity contribution in [1.29, 1.82) is 0 Å². The molecule has 3 rings (SSSR count). The van der Waals surface area contributed by atoms with Crippen LogP contribution in [-0.4, -0.2) is 35.6 Å². The van der Waals surface area contributed by atoms with Crippen molar-refractivity contribution in [3.8, 4) is 0 Å². The van der Waals surface area contributed by atoms with Gasteiger partial charge in [0.15, 0.2) is 0 Å². The number of hydrogen-bond donors (Lipinski definition) is 2. The van der Waals surface area contributed by atoms with Crippen molar-refractivity contribution in [2.45, 2.75) is 32.7 Å². The zero-order valence-electron chi connectivity index (χ0n) is 9.58. The Morgan fingerprint density at radius 1 is 1.47 bits per heavy atom. The first-order valence-corrected chi connectivity index (χ1v) is 5.92. The van der Waals surface area contributed by atoms with Gasteiger partial charge in [0.1, 0.15) is 0 Å². The maximum Gasteiger partial charge on any atom is 0.0479 e. The Kier molecular flexibility index (Phi) is 1.97. The van der Waals surface area contributed by atoms with Gasteiger partial charge in [0.25, 0.3) is 0 Å². The topological polar surface area (TPSA) is 30.5 Å². The van der Waals surface area contributed by atoms with Crippen molar-refractivity contribution >= 4 is 0 Å². The van der Waals surface area contributed by atoms with E-state index < -0.39 is 0 Å². The number of nitrogens with one attached hydrogen (secondary N) is 2. The lowest BCUT2D eigenvalue weighted by atomic mass is 9.60. The molecule has 2 N–H and O–H groups in total. The van der Waals surface area contributed by atoms with E-state index >= 15 is 0 Å². The maximum atomic E-state index is 3.20. The summed E-state index contributed by atoms with van der Waals surface area (Å²) in [5, 5.41) is 2.23. The summed E-state index contributed by atoms with van der Waals surface area (Å²) in [6.07, 6.45) is 4.87. The molecule has 0 atom stereocenters. The molecule has 2 heterocycles. The van der Waals surface area contributed by atoms with Gasteiger partial charge in [-0.15, -0.1) is 5.53 Å². The monoisotopic (exact) mass is 208 g/mol. The third-order valence-electron chi connectivity index (χ3n) is 4.01. The minimum absolute atomic E-state index is 0.673. The van der Waals surface area contributed by atoms with Crippen molar-refractivity contribution in [1.82, 2.24) is 20.9 Å². The molecule has 0 amide bonds. The van der Waals surface area contributed by atoms with Crippen LogP contribution >= 0.6 is 0 Å². The summed E-state index contributed by atoms with van der Waals surface area (Å²) in [5.74, 6) is 0. The fourth-order valence-electron chi connectivity index (χ4n) is 3.14. The van der Waals surface area contributed by atoms with Crippen LogP contribution in [0.5, 0.6) is 0 Å². The quantitative estimate of drug-likeness (QED) is 0.698. The van der Waals surface area contributed by atoms with E-state index in [2.05, 4.69) is 40.9 Å². The highest BCUT2D eigenvalue weighted by Gasteiger charge is 2.53. The molecule has 1 saturated heterocycles. The first-order chi connectivity index (χ1) is 7.21. The number of nitrogens with zero attached hydrogens (tertiary/aromatic N) is 2. The predicted molar refractivity (Wildman–Crippen MR) is 59.4 cm³/mol. The molecule has 84 valence electrons. The Morgan fingerprint density at radius 3 is 2.73 bits per heavy atom. The summed E-state index contributed by atoms with van der Waals surface area (Å²) in [6, 6.07) is 0.703. The van der Waals surface area contributed by atoms with Gasteiger partial charge < -0.3 is 10.3 Å². The molecule has 3 aliphatic rings. The van der Waals surface area contributed by atoms with Gasteiger partial charge in [0.2, 0.25) is 0 Å². The van der Waals surface area contributed by atoms with Gasteiger partial charge in [-0.05, 0) is 31.7 Å². The van der Waals surface area contributed by atoms with Crippen LogP contribution in [0.2, 0.25) is 0 Å². The van der Waals surface area contributed by atoms with Crippen LogP contribution in [0.3, 0.4) is 0 Å². The highest BCUT2D eigenvalue weighted by atomic mass is 15.7. The lowest BCUT2D eigenvalue weighted by Crippen LogP contribution is -2.66. The van der Waals surface area contributed by atoms with E-state index in [1.165, 1.54) is 38.2 Å². The lowest BCUT2D eigenvalue weighted by molar-refractivity contribution is -0.106. The van der Waals surface area contributed by atoms with E-state index in [1.54, 1.807) is 0 Å². The van der Waals surface area contributed by atoms with Crippen molar-refractivity contribution < 1.29 is 0 Å². The molecule has 2 fully saturated rings. The van der Waals surface area contributed by atoms with Gasteiger partial charge in [0.05, 0.1) is 0 Å². The van der Waals surface area contributed by atoms with Crippen LogP contribution in [0, 0.1) is 5.41 Å². The Morgan fingerprint density at radius 2 is 2.20 bits per heavy atom. The minimum Gasteiger partial charge on any atom is -0.307 e. The Labute approximate surface area is 91.2 Å². The Hall–Kier alpha value is -0.740. The summed E-state index contributed by atoms with van der Waals surface area (Å²) in [5.41, 5.74) is 8.21. The van der Waals surface area contributed by atoms with E-state index in [-0.39, 0.29) is 0 Å². The molecular formula is C11H20N4. The van der Waals surface area contributed by atoms with Crippen LogP contribution in [0.1, 0.15) is 26.7 Å². The SMILES string of the molecule is CCN1CC2(CC(N3C=C(C)NN3)C2)C1. The number of rotatable bonds is 2. The van der Waals surface area contributed by atoms with Crippen LogP contribution in [0.15, 0.2) is 11.9 Å². The molecule has 1 aliphatic carbocycles. The van der Waals surface area contributed by atoms with Crippen molar-refractivity contribution in [3.05, 3.63) is 11.9 Å². The van der Waals surface area contributed by atoms with E-state index in [0.29, 0.717) is 11.5 Å². The van der Waals surface area contributed by atoms with Gasteiger partial charge in [0, 0.05) is 31.0 Å². The third-order valence-corrected chi connectivity index (χ3v) is 4.01. The molecule has 2 aliphatic heterocycles. The fourth-order valence-corrected chi connectivity index (χ4v) is 3.14. The van der Waals surface area contributed by atoms with Crippen molar-refractivity contribution in [2.24, 2.45) is 5.41 Å². The van der Waals surface area contributed by atoms with Crippen LogP contribution in [-0.2, 0) is 0 Å². The molecule has 0 aromatic carbocycles. The first kappa shape index (κ1) is 9.48. The van der Waals surface area contributed by atoms with E-state index in [0.717, 1.165) is 0 Å². The standard InChI is InChI=1S/C11H20N4/c1-3-14-7-11(8-14)4-10(5-11)15-6-9(2)12-13-15/h6,10,12-13H,3-5,7-8H2,1-2H3. The van der Waals surface area contributed by atoms with E-state index in [4.69, 9.17) is 0 Å². The highest BCUT2D eigenvalue weighted by Crippen LogP contribution is 2.49. The van der Waals surface area contributed by atoms with E-state index in [1.807, 2.05) is 0 Å². The lowest BCUT2D eigenvalue weighted by Gasteiger charge is -2.60. The maximum absolute atomic E-state index is 3.20. The second-order valence-electron chi connectivity index (χ2n) is 5.32. The second kappa shape index (κ2) is 3.12. The summed E-state index contributed by atoms with van der Waals surface area (Å²) < 4.78 is 0. The third kappa shape index (κ3) is 1.43. The smallest absolute Gasteiger partial charge is 0.0479 e. The van der Waals surface area contributed by atoms with E-state index in [9.17, 15) is 0 Å². The van der Waals surface area contributed by atoms with Gasteiger partial charge in [-0.3, -0.25) is 5.01 Å². The summed E-state index contributed by atoms with van der Waals surface area (Å²) >= 11 is 0. The summed E-state index contributed by atoms with van der Waals surface area (Å²) in [7, 11) is 0. The number of likely N-dealkylation sites (tertiary alicyclic amines) is 1. The van der Waals surface area contributed by atoms with Crippen molar-refractivity contribution in [2.75, 3.05) is 19.6 Å². The zero-order valence-corrected chi connectivity index (χ0v) is 9.58. The highest BCUT2D eigenvalue weighted by molar-refractivity contribution is 5.10. The fraction of sp³-hybridized carbons (Fsp3) is 0.818. The van der Waals surface area contributed by atoms with Gasteiger partial charge in [-0.25, -0.2) is 0 Å². The average Bonchev–Trinajstić information content (AvgIpc) is 2.47. The first-order valence-electron chi connectivity index (χ1n) is 5.92. The average molecular weight is 208 g/mol. The molecule has 4 nitrogen and oxygen atoms in total. The van der Waals surface area contributed by atoms with Gasteiger partial charge >= 0.3 is 0 Å². The molecule has 0 aromatic rings. The van der Waals surface area contributed by atoms with Gasteiger partial charge in [-0.2, -0.15) is 0 Å². The van der Waals surface area contributed by atoms with Crippen molar-refractivity contribution in [3.63, 3.8) is 0 Å². The van der Waals surface area contributed by atoms with Gasteiger partial charge in [-0.1, -0.05) is 6.92 Å². The summed E-state index contributed by atoms with van der Waals surface area (Å²) in [4.78, 5) is 2.53. The molecule has 0 radical (unpaired) electrons.